The van der Waals surface area contributed by atoms with Crippen LogP contribution in [-0.2, 0) is 0 Å². The van der Waals surface area contributed by atoms with Crippen molar-refractivity contribution in [2.24, 2.45) is 11.8 Å². The van der Waals surface area contributed by atoms with Crippen LogP contribution in [0.5, 0.6) is 0 Å². The first-order valence-electron chi connectivity index (χ1n) is 4.99. The van der Waals surface area contributed by atoms with Crippen molar-refractivity contribution in [3.8, 4) is 0 Å². The van der Waals surface area contributed by atoms with E-state index in [9.17, 15) is 5.11 Å². The summed E-state index contributed by atoms with van der Waals surface area (Å²) in [5.74, 6) is -1.16. The van der Waals surface area contributed by atoms with Gasteiger partial charge in [-0.15, -0.1) is 23.2 Å². The standard InChI is InChI=1S/C10H5Cl7O/c11-2-1-3(18)5-4(2)8(14)6(12)7(13)9(5,15)10(8,16)17/h1,3-5,18H/t3?,4?,5?,8?,9-/m1/s1. The van der Waals surface area contributed by atoms with E-state index in [-0.39, 0.29) is 10.1 Å². The average Bonchev–Trinajstić information content (AvgIpc) is 2.68. The molecule has 3 aliphatic rings. The number of alkyl halides is 4. The van der Waals surface area contributed by atoms with Crippen LogP contribution in [0.25, 0.3) is 0 Å². The lowest BCUT2D eigenvalue weighted by Crippen LogP contribution is -2.46. The summed E-state index contributed by atoms with van der Waals surface area (Å²) in [5.41, 5.74) is 0. The van der Waals surface area contributed by atoms with Gasteiger partial charge in [-0.05, 0) is 6.08 Å². The van der Waals surface area contributed by atoms with Gasteiger partial charge in [0.05, 0.1) is 16.2 Å². The maximum atomic E-state index is 10.1. The zero-order valence-electron chi connectivity index (χ0n) is 8.40. The third kappa shape index (κ3) is 1.18. The molecule has 0 aromatic heterocycles. The summed E-state index contributed by atoms with van der Waals surface area (Å²) in [7, 11) is 0. The highest BCUT2D eigenvalue weighted by atomic mass is 35.5. The molecule has 4 unspecified atom stereocenters. The number of aliphatic hydroxyl groups is 1. The van der Waals surface area contributed by atoms with Crippen LogP contribution in [0.4, 0.5) is 0 Å². The number of rotatable bonds is 0. The van der Waals surface area contributed by atoms with Gasteiger partial charge < -0.3 is 5.11 Å². The quantitative estimate of drug-likeness (QED) is 0.603. The maximum Gasteiger partial charge on any atom is 0.167 e. The highest BCUT2D eigenvalue weighted by molar-refractivity contribution is 6.66. The Labute approximate surface area is 139 Å². The van der Waals surface area contributed by atoms with Crippen LogP contribution >= 0.6 is 81.2 Å². The Morgan fingerprint density at radius 1 is 0.944 bits per heavy atom. The largest absolute Gasteiger partial charge is 0.389 e. The Hall–Kier alpha value is 1.47. The van der Waals surface area contributed by atoms with Crippen molar-refractivity contribution >= 4 is 81.2 Å². The van der Waals surface area contributed by atoms with Crippen LogP contribution in [0.2, 0.25) is 0 Å². The van der Waals surface area contributed by atoms with E-state index < -0.39 is 32.0 Å². The summed E-state index contributed by atoms with van der Waals surface area (Å²) in [6, 6.07) is 0. The molecule has 3 aliphatic carbocycles. The normalized spacial score (nSPS) is 52.9. The summed E-state index contributed by atoms with van der Waals surface area (Å²) in [5, 5.41) is 10.6. The monoisotopic (exact) mass is 386 g/mol. The molecule has 0 radical (unpaired) electrons. The Morgan fingerprint density at radius 2 is 1.44 bits per heavy atom. The lowest BCUT2D eigenvalue weighted by atomic mass is 9.83. The first-order chi connectivity index (χ1) is 8.11. The second-order valence-electron chi connectivity index (χ2n) is 4.67. The van der Waals surface area contributed by atoms with Crippen LogP contribution in [-0.4, -0.2) is 25.3 Å². The van der Waals surface area contributed by atoms with Crippen molar-refractivity contribution in [3.05, 3.63) is 21.2 Å². The molecule has 0 spiro atoms. The van der Waals surface area contributed by atoms with Gasteiger partial charge in [0, 0.05) is 16.9 Å². The van der Waals surface area contributed by atoms with Crippen molar-refractivity contribution in [2.75, 3.05) is 0 Å². The molecule has 8 heteroatoms. The molecule has 18 heavy (non-hydrogen) atoms. The molecule has 1 fully saturated rings. The van der Waals surface area contributed by atoms with Crippen LogP contribution in [0.3, 0.4) is 0 Å². The van der Waals surface area contributed by atoms with E-state index in [4.69, 9.17) is 81.2 Å². The van der Waals surface area contributed by atoms with Crippen LogP contribution in [0.15, 0.2) is 21.2 Å². The van der Waals surface area contributed by atoms with Gasteiger partial charge in [0.2, 0.25) is 0 Å². The molecule has 1 saturated carbocycles. The average molecular weight is 389 g/mol. The van der Waals surface area contributed by atoms with E-state index in [1.807, 2.05) is 0 Å². The van der Waals surface area contributed by atoms with Gasteiger partial charge >= 0.3 is 0 Å². The second-order valence-corrected chi connectivity index (χ2v) is 8.38. The molecule has 0 amide bonds. The van der Waals surface area contributed by atoms with Crippen LogP contribution < -0.4 is 0 Å². The molecule has 1 nitrogen and oxygen atoms in total. The van der Waals surface area contributed by atoms with Crippen molar-refractivity contribution in [1.82, 2.24) is 0 Å². The number of hydrogen-bond acceptors (Lipinski definition) is 1. The zero-order chi connectivity index (χ0) is 13.7. The molecular formula is C10H5Cl7O. The Bertz CT molecular complexity index is 512. The van der Waals surface area contributed by atoms with Gasteiger partial charge in [-0.2, -0.15) is 0 Å². The summed E-state index contributed by atoms with van der Waals surface area (Å²) >= 11 is 44.1. The maximum absolute atomic E-state index is 10.1. The van der Waals surface area contributed by atoms with Crippen molar-refractivity contribution in [3.63, 3.8) is 0 Å². The van der Waals surface area contributed by atoms with Crippen molar-refractivity contribution in [1.29, 1.82) is 0 Å². The van der Waals surface area contributed by atoms with E-state index in [2.05, 4.69) is 0 Å². The van der Waals surface area contributed by atoms with Gasteiger partial charge in [-0.3, -0.25) is 0 Å². The van der Waals surface area contributed by atoms with Crippen LogP contribution in [0, 0.1) is 11.8 Å². The van der Waals surface area contributed by atoms with E-state index in [0.717, 1.165) is 0 Å². The summed E-state index contributed by atoms with van der Waals surface area (Å²) in [6.45, 7) is 0. The number of fused-ring (bicyclic) bond motifs is 5. The third-order valence-corrected chi connectivity index (χ3v) is 8.62. The molecule has 100 valence electrons. The predicted octanol–water partition coefficient (Wildman–Crippen LogP) is 4.56. The minimum absolute atomic E-state index is 0.0749. The fourth-order valence-electron chi connectivity index (χ4n) is 3.19. The molecule has 3 rings (SSSR count). The summed E-state index contributed by atoms with van der Waals surface area (Å²) in [6.07, 6.45) is 0.546. The Balaban J connectivity index is 2.33. The Morgan fingerprint density at radius 3 is 2.00 bits per heavy atom. The second kappa shape index (κ2) is 3.81. The molecule has 0 aromatic carbocycles. The SMILES string of the molecule is OC1C=C(Cl)C2C1[C@@]1(Cl)C(Cl)=C(Cl)C2(Cl)C1(Cl)Cl. The lowest BCUT2D eigenvalue weighted by Gasteiger charge is -2.34. The first-order valence-corrected chi connectivity index (χ1v) is 7.63. The number of aliphatic hydroxyl groups excluding tert-OH is 1. The van der Waals surface area contributed by atoms with Gasteiger partial charge in [0.25, 0.3) is 0 Å². The summed E-state index contributed by atoms with van der Waals surface area (Å²) in [4.78, 5) is -2.88. The van der Waals surface area contributed by atoms with Crippen molar-refractivity contribution < 1.29 is 5.11 Å². The molecule has 1 N–H and O–H groups in total. The van der Waals surface area contributed by atoms with E-state index in [1.165, 1.54) is 6.08 Å². The van der Waals surface area contributed by atoms with Crippen molar-refractivity contribution in [2.45, 2.75) is 20.2 Å². The third-order valence-electron chi connectivity index (χ3n) is 3.99. The van der Waals surface area contributed by atoms with E-state index >= 15 is 0 Å². The topological polar surface area (TPSA) is 20.2 Å². The summed E-state index contributed by atoms with van der Waals surface area (Å²) < 4.78 is -1.65. The van der Waals surface area contributed by atoms with Crippen LogP contribution in [0.1, 0.15) is 0 Å². The number of allylic oxidation sites excluding steroid dienone is 3. The molecule has 0 heterocycles. The van der Waals surface area contributed by atoms with Gasteiger partial charge in [0.15, 0.2) is 4.33 Å². The highest BCUT2D eigenvalue weighted by Crippen LogP contribution is 2.79. The minimum atomic E-state index is -1.65. The zero-order valence-corrected chi connectivity index (χ0v) is 13.7. The number of hydrogen-bond donors (Lipinski definition) is 1. The first kappa shape index (κ1) is 14.4. The van der Waals surface area contributed by atoms with Gasteiger partial charge in [0.1, 0.15) is 9.75 Å². The fraction of sp³-hybridized carbons (Fsp3) is 0.600. The molecule has 2 bridgehead atoms. The van der Waals surface area contributed by atoms with E-state index in [1.54, 1.807) is 0 Å². The van der Waals surface area contributed by atoms with E-state index in [0.29, 0.717) is 5.03 Å². The minimum Gasteiger partial charge on any atom is -0.389 e. The highest BCUT2D eigenvalue weighted by Gasteiger charge is 2.84. The predicted molar refractivity (Wildman–Crippen MR) is 77.3 cm³/mol. The fourth-order valence-corrected chi connectivity index (χ4v) is 6.70. The van der Waals surface area contributed by atoms with Gasteiger partial charge in [-0.25, -0.2) is 0 Å². The lowest BCUT2D eigenvalue weighted by molar-refractivity contribution is 0.137. The molecular weight excluding hydrogens is 384 g/mol. The molecule has 0 aliphatic heterocycles. The smallest absolute Gasteiger partial charge is 0.167 e. The molecule has 0 aromatic rings. The van der Waals surface area contributed by atoms with Gasteiger partial charge in [-0.1, -0.05) is 58.0 Å². The molecule has 5 atom stereocenters. The Kier molecular flexibility index (Phi) is 3.05. The molecule has 0 saturated heterocycles. The number of halogens is 7.